The molecule has 0 bridgehead atoms. The molecule has 1 aromatic rings. The number of aliphatic hydroxyl groups excluding tert-OH is 1. The molecule has 18 heavy (non-hydrogen) atoms. The van der Waals surface area contributed by atoms with Crippen molar-refractivity contribution in [2.24, 2.45) is 0 Å². The fourth-order valence-electron chi connectivity index (χ4n) is 1.41. The molecule has 0 aliphatic rings. The van der Waals surface area contributed by atoms with Gasteiger partial charge in [0.15, 0.2) is 0 Å². The van der Waals surface area contributed by atoms with Crippen molar-refractivity contribution in [3.8, 4) is 0 Å². The summed E-state index contributed by atoms with van der Waals surface area (Å²) in [5.74, 6) is -0.224. The molecule has 1 aromatic carbocycles. The number of carbonyl (C=O) groups is 1. The zero-order chi connectivity index (χ0) is 13.4. The number of hydrogen-bond donors (Lipinski definition) is 3. The van der Waals surface area contributed by atoms with Crippen molar-refractivity contribution in [3.63, 3.8) is 0 Å². The van der Waals surface area contributed by atoms with Gasteiger partial charge in [-0.25, -0.2) is 0 Å². The largest absolute Gasteiger partial charge is 0.399 e. The van der Waals surface area contributed by atoms with Crippen molar-refractivity contribution in [1.82, 2.24) is 5.32 Å². The minimum atomic E-state index is -0.735. The molecule has 5 heteroatoms. The predicted octanol–water partition coefficient (Wildman–Crippen LogP) is 0.845. The van der Waals surface area contributed by atoms with Crippen LogP contribution in [-0.4, -0.2) is 30.8 Å². The van der Waals surface area contributed by atoms with E-state index in [-0.39, 0.29) is 19.1 Å². The fraction of sp³-hybridized carbons (Fsp3) is 0.462. The van der Waals surface area contributed by atoms with Crippen molar-refractivity contribution >= 4 is 11.6 Å². The number of anilines is 1. The standard InChI is InChI=1S/C13H20N2O3/c1-2-7-18-9-13(17)15-8-12(16)10-3-5-11(14)6-4-10/h3-6,12,16H,2,7-9,14H2,1H3,(H,15,17). The average molecular weight is 252 g/mol. The Morgan fingerprint density at radius 1 is 1.44 bits per heavy atom. The molecule has 1 unspecified atom stereocenters. The number of benzene rings is 1. The maximum Gasteiger partial charge on any atom is 0.246 e. The fourth-order valence-corrected chi connectivity index (χ4v) is 1.41. The van der Waals surface area contributed by atoms with E-state index in [1.165, 1.54) is 0 Å². The molecule has 0 saturated carbocycles. The number of nitrogens with one attached hydrogen (secondary N) is 1. The molecule has 100 valence electrons. The molecule has 1 rings (SSSR count). The molecule has 4 N–H and O–H groups in total. The summed E-state index contributed by atoms with van der Waals surface area (Å²) in [4.78, 5) is 11.3. The lowest BCUT2D eigenvalue weighted by Gasteiger charge is -2.12. The third-order valence-electron chi connectivity index (χ3n) is 2.40. The number of amides is 1. The van der Waals surface area contributed by atoms with Gasteiger partial charge >= 0.3 is 0 Å². The van der Waals surface area contributed by atoms with Crippen LogP contribution < -0.4 is 11.1 Å². The maximum atomic E-state index is 11.3. The van der Waals surface area contributed by atoms with E-state index in [1.807, 2.05) is 6.92 Å². The van der Waals surface area contributed by atoms with Crippen molar-refractivity contribution in [2.75, 3.05) is 25.5 Å². The van der Waals surface area contributed by atoms with E-state index < -0.39 is 6.10 Å². The van der Waals surface area contributed by atoms with E-state index in [1.54, 1.807) is 24.3 Å². The molecule has 0 radical (unpaired) electrons. The monoisotopic (exact) mass is 252 g/mol. The zero-order valence-corrected chi connectivity index (χ0v) is 10.6. The van der Waals surface area contributed by atoms with Crippen LogP contribution in [0.25, 0.3) is 0 Å². The third-order valence-corrected chi connectivity index (χ3v) is 2.40. The summed E-state index contributed by atoms with van der Waals surface area (Å²) < 4.78 is 5.09. The van der Waals surface area contributed by atoms with E-state index in [4.69, 9.17) is 10.5 Å². The molecule has 0 aliphatic heterocycles. The van der Waals surface area contributed by atoms with Gasteiger partial charge in [0, 0.05) is 18.8 Å². The van der Waals surface area contributed by atoms with E-state index in [9.17, 15) is 9.90 Å². The molecule has 0 aliphatic carbocycles. The van der Waals surface area contributed by atoms with Gasteiger partial charge in [0.05, 0.1) is 6.10 Å². The number of nitrogen functional groups attached to an aromatic ring is 1. The SMILES string of the molecule is CCCOCC(=O)NCC(O)c1ccc(N)cc1. The van der Waals surface area contributed by atoms with Crippen molar-refractivity contribution < 1.29 is 14.6 Å². The summed E-state index contributed by atoms with van der Waals surface area (Å²) in [7, 11) is 0. The van der Waals surface area contributed by atoms with Gasteiger partial charge in [0.25, 0.3) is 0 Å². The molecule has 0 saturated heterocycles. The van der Waals surface area contributed by atoms with E-state index in [2.05, 4.69) is 5.32 Å². The minimum Gasteiger partial charge on any atom is -0.399 e. The summed E-state index contributed by atoms with van der Waals surface area (Å²) in [5, 5.41) is 12.4. The van der Waals surface area contributed by atoms with Crippen LogP contribution in [0.15, 0.2) is 24.3 Å². The molecule has 1 atom stereocenters. The first-order chi connectivity index (χ1) is 8.63. The third kappa shape index (κ3) is 5.16. The highest BCUT2D eigenvalue weighted by atomic mass is 16.5. The summed E-state index contributed by atoms with van der Waals surface area (Å²) in [6.45, 7) is 2.73. The first-order valence-electron chi connectivity index (χ1n) is 6.01. The van der Waals surface area contributed by atoms with Gasteiger partial charge in [0.1, 0.15) is 6.61 Å². The molecule has 0 fully saturated rings. The van der Waals surface area contributed by atoms with Crippen LogP contribution in [0.1, 0.15) is 25.0 Å². The lowest BCUT2D eigenvalue weighted by atomic mass is 10.1. The number of aliphatic hydroxyl groups is 1. The topological polar surface area (TPSA) is 84.6 Å². The van der Waals surface area contributed by atoms with Gasteiger partial charge in [-0.2, -0.15) is 0 Å². The van der Waals surface area contributed by atoms with Gasteiger partial charge in [-0.3, -0.25) is 4.79 Å². The molecular formula is C13H20N2O3. The van der Waals surface area contributed by atoms with Crippen LogP contribution in [0.2, 0.25) is 0 Å². The van der Waals surface area contributed by atoms with Crippen LogP contribution in [0.5, 0.6) is 0 Å². The molecular weight excluding hydrogens is 232 g/mol. The summed E-state index contributed by atoms with van der Waals surface area (Å²) in [5.41, 5.74) is 6.91. The van der Waals surface area contributed by atoms with Crippen molar-refractivity contribution in [2.45, 2.75) is 19.4 Å². The number of carbonyl (C=O) groups excluding carboxylic acids is 1. The summed E-state index contributed by atoms with van der Waals surface area (Å²) in [6.07, 6.45) is 0.141. The van der Waals surface area contributed by atoms with Crippen LogP contribution >= 0.6 is 0 Å². The second kappa shape index (κ2) is 7.68. The predicted molar refractivity (Wildman–Crippen MR) is 69.9 cm³/mol. The molecule has 0 heterocycles. The van der Waals surface area contributed by atoms with Gasteiger partial charge in [-0.15, -0.1) is 0 Å². The number of ether oxygens (including phenoxy) is 1. The van der Waals surface area contributed by atoms with Gasteiger partial charge in [-0.05, 0) is 24.1 Å². The summed E-state index contributed by atoms with van der Waals surface area (Å²) in [6, 6.07) is 6.90. The van der Waals surface area contributed by atoms with Crippen LogP contribution in [0, 0.1) is 0 Å². The van der Waals surface area contributed by atoms with Gasteiger partial charge in [0.2, 0.25) is 5.91 Å². The number of hydrogen-bond acceptors (Lipinski definition) is 4. The zero-order valence-electron chi connectivity index (χ0n) is 10.6. The lowest BCUT2D eigenvalue weighted by molar-refractivity contribution is -0.126. The number of rotatable bonds is 7. The minimum absolute atomic E-state index is 0.0301. The Morgan fingerprint density at radius 3 is 2.72 bits per heavy atom. The van der Waals surface area contributed by atoms with E-state index in [0.717, 1.165) is 12.0 Å². The molecule has 5 nitrogen and oxygen atoms in total. The number of nitrogens with two attached hydrogens (primary N) is 1. The Labute approximate surface area is 107 Å². The van der Waals surface area contributed by atoms with Gasteiger partial charge < -0.3 is 20.9 Å². The Hall–Kier alpha value is -1.59. The Kier molecular flexibility index (Phi) is 6.18. The quantitative estimate of drug-likeness (QED) is 0.496. The van der Waals surface area contributed by atoms with E-state index in [0.29, 0.717) is 12.3 Å². The molecule has 0 spiro atoms. The summed E-state index contributed by atoms with van der Waals surface area (Å²) >= 11 is 0. The maximum absolute atomic E-state index is 11.3. The first-order valence-corrected chi connectivity index (χ1v) is 6.01. The Balaban J connectivity index is 2.30. The smallest absolute Gasteiger partial charge is 0.246 e. The normalized spacial score (nSPS) is 12.1. The highest BCUT2D eigenvalue weighted by Gasteiger charge is 2.09. The Bertz CT molecular complexity index is 365. The van der Waals surface area contributed by atoms with Crippen molar-refractivity contribution in [1.29, 1.82) is 0 Å². The van der Waals surface area contributed by atoms with Crippen LogP contribution in [-0.2, 0) is 9.53 Å². The lowest BCUT2D eigenvalue weighted by Crippen LogP contribution is -2.31. The highest BCUT2D eigenvalue weighted by molar-refractivity contribution is 5.77. The second-order valence-corrected chi connectivity index (χ2v) is 4.04. The first kappa shape index (κ1) is 14.5. The average Bonchev–Trinajstić information content (AvgIpc) is 2.37. The van der Waals surface area contributed by atoms with Crippen LogP contribution in [0.3, 0.4) is 0 Å². The van der Waals surface area contributed by atoms with E-state index >= 15 is 0 Å². The Morgan fingerprint density at radius 2 is 2.11 bits per heavy atom. The molecule has 1 amide bonds. The van der Waals surface area contributed by atoms with Crippen molar-refractivity contribution in [3.05, 3.63) is 29.8 Å². The molecule has 0 aromatic heterocycles. The van der Waals surface area contributed by atoms with Gasteiger partial charge in [-0.1, -0.05) is 19.1 Å². The highest BCUT2D eigenvalue weighted by Crippen LogP contribution is 2.13. The second-order valence-electron chi connectivity index (χ2n) is 4.04. The van der Waals surface area contributed by atoms with Crippen LogP contribution in [0.4, 0.5) is 5.69 Å².